The zero-order valence-electron chi connectivity index (χ0n) is 13.7. The van der Waals surface area contributed by atoms with Gasteiger partial charge in [0.15, 0.2) is 11.5 Å². The van der Waals surface area contributed by atoms with Crippen molar-refractivity contribution in [3.05, 3.63) is 36.3 Å². The SMILES string of the molecule is CC(C)CCNC(=O)c1cnc(Nc2ccc3c(c2)OCO3)cn1. The largest absolute Gasteiger partial charge is 0.454 e. The van der Waals surface area contributed by atoms with Crippen LogP contribution in [-0.4, -0.2) is 29.2 Å². The Morgan fingerprint density at radius 3 is 2.79 bits per heavy atom. The smallest absolute Gasteiger partial charge is 0.271 e. The maximum Gasteiger partial charge on any atom is 0.271 e. The molecule has 0 saturated carbocycles. The molecule has 1 aromatic heterocycles. The van der Waals surface area contributed by atoms with Crippen LogP contribution in [0.2, 0.25) is 0 Å². The van der Waals surface area contributed by atoms with E-state index in [1.54, 1.807) is 0 Å². The minimum absolute atomic E-state index is 0.210. The summed E-state index contributed by atoms with van der Waals surface area (Å²) in [4.78, 5) is 20.3. The molecular formula is C17H20N4O3. The standard InChI is InChI=1S/C17H20N4O3/c1-11(2)5-6-18-17(22)13-8-20-16(9-19-13)21-12-3-4-14-15(7-12)24-10-23-14/h3-4,7-9,11H,5-6,10H2,1-2H3,(H,18,22)(H,20,21). The van der Waals surface area contributed by atoms with Gasteiger partial charge in [-0.3, -0.25) is 4.79 Å². The van der Waals surface area contributed by atoms with Crippen molar-refractivity contribution in [1.29, 1.82) is 0 Å². The Balaban J connectivity index is 1.59. The molecule has 1 aliphatic heterocycles. The average molecular weight is 328 g/mol. The number of carbonyl (C=O) groups is 1. The van der Waals surface area contributed by atoms with Gasteiger partial charge in [-0.1, -0.05) is 13.8 Å². The maximum atomic E-state index is 12.0. The normalized spacial score (nSPS) is 12.3. The van der Waals surface area contributed by atoms with Crippen molar-refractivity contribution >= 4 is 17.4 Å². The van der Waals surface area contributed by atoms with Crippen LogP contribution in [0.3, 0.4) is 0 Å². The molecule has 0 saturated heterocycles. The number of ether oxygens (including phenoxy) is 2. The van der Waals surface area contributed by atoms with Crippen molar-refractivity contribution in [3.63, 3.8) is 0 Å². The summed E-state index contributed by atoms with van der Waals surface area (Å²) in [5.41, 5.74) is 1.11. The van der Waals surface area contributed by atoms with Gasteiger partial charge in [0.2, 0.25) is 6.79 Å². The number of rotatable bonds is 6. The molecule has 1 aromatic carbocycles. The van der Waals surface area contributed by atoms with Crippen LogP contribution < -0.4 is 20.1 Å². The summed E-state index contributed by atoms with van der Waals surface area (Å²) < 4.78 is 10.6. The molecule has 0 unspecified atom stereocenters. The number of hydrogen-bond donors (Lipinski definition) is 2. The lowest BCUT2D eigenvalue weighted by Crippen LogP contribution is -2.26. The zero-order chi connectivity index (χ0) is 16.9. The van der Waals surface area contributed by atoms with Gasteiger partial charge in [-0.15, -0.1) is 0 Å². The Hall–Kier alpha value is -2.83. The molecular weight excluding hydrogens is 308 g/mol. The predicted molar refractivity (Wildman–Crippen MR) is 89.7 cm³/mol. The molecule has 0 aliphatic carbocycles. The van der Waals surface area contributed by atoms with Crippen molar-refractivity contribution in [1.82, 2.24) is 15.3 Å². The minimum atomic E-state index is -0.210. The third-order valence-electron chi connectivity index (χ3n) is 3.54. The third-order valence-corrected chi connectivity index (χ3v) is 3.54. The highest BCUT2D eigenvalue weighted by Gasteiger charge is 2.13. The predicted octanol–water partition coefficient (Wildman–Crippen LogP) is 2.72. The lowest BCUT2D eigenvalue weighted by Gasteiger charge is -2.08. The monoisotopic (exact) mass is 328 g/mol. The molecule has 7 nitrogen and oxygen atoms in total. The van der Waals surface area contributed by atoms with Gasteiger partial charge in [0.1, 0.15) is 11.5 Å². The van der Waals surface area contributed by atoms with Gasteiger partial charge >= 0.3 is 0 Å². The van der Waals surface area contributed by atoms with Gasteiger partial charge in [0.25, 0.3) is 5.91 Å². The summed E-state index contributed by atoms with van der Waals surface area (Å²) in [5.74, 6) is 2.30. The second-order valence-corrected chi connectivity index (χ2v) is 5.92. The molecule has 24 heavy (non-hydrogen) atoms. The molecule has 7 heteroatoms. The molecule has 0 bridgehead atoms. The van der Waals surface area contributed by atoms with Crippen LogP contribution in [-0.2, 0) is 0 Å². The summed E-state index contributed by atoms with van der Waals surface area (Å²) in [6.07, 6.45) is 3.92. The Bertz CT molecular complexity index is 716. The molecule has 2 heterocycles. The van der Waals surface area contributed by atoms with Crippen molar-refractivity contribution in [2.75, 3.05) is 18.7 Å². The fourth-order valence-electron chi connectivity index (χ4n) is 2.20. The van der Waals surface area contributed by atoms with Gasteiger partial charge in [-0.05, 0) is 24.5 Å². The van der Waals surface area contributed by atoms with Crippen LogP contribution in [0.15, 0.2) is 30.6 Å². The molecule has 0 spiro atoms. The van der Waals surface area contributed by atoms with E-state index in [1.807, 2.05) is 18.2 Å². The van der Waals surface area contributed by atoms with Crippen molar-refractivity contribution < 1.29 is 14.3 Å². The number of anilines is 2. The summed E-state index contributed by atoms with van der Waals surface area (Å²) in [6, 6.07) is 5.52. The summed E-state index contributed by atoms with van der Waals surface area (Å²) >= 11 is 0. The van der Waals surface area contributed by atoms with E-state index >= 15 is 0 Å². The second-order valence-electron chi connectivity index (χ2n) is 5.92. The Morgan fingerprint density at radius 1 is 1.21 bits per heavy atom. The Kier molecular flexibility index (Phi) is 4.79. The maximum absolute atomic E-state index is 12.0. The molecule has 0 fully saturated rings. The lowest BCUT2D eigenvalue weighted by molar-refractivity contribution is 0.0946. The highest BCUT2D eigenvalue weighted by Crippen LogP contribution is 2.34. The van der Waals surface area contributed by atoms with E-state index in [4.69, 9.17) is 9.47 Å². The molecule has 3 rings (SSSR count). The fraction of sp³-hybridized carbons (Fsp3) is 0.353. The van der Waals surface area contributed by atoms with Crippen LogP contribution in [0, 0.1) is 5.92 Å². The summed E-state index contributed by atoms with van der Waals surface area (Å²) in [6.45, 7) is 5.10. The molecule has 2 N–H and O–H groups in total. The first-order valence-electron chi connectivity index (χ1n) is 7.89. The van der Waals surface area contributed by atoms with Crippen LogP contribution in [0.25, 0.3) is 0 Å². The van der Waals surface area contributed by atoms with E-state index in [2.05, 4.69) is 34.4 Å². The van der Waals surface area contributed by atoms with E-state index in [-0.39, 0.29) is 12.7 Å². The summed E-state index contributed by atoms with van der Waals surface area (Å²) in [7, 11) is 0. The number of amides is 1. The third kappa shape index (κ3) is 3.92. The van der Waals surface area contributed by atoms with Gasteiger partial charge in [0.05, 0.1) is 12.4 Å². The first kappa shape index (κ1) is 16.0. The van der Waals surface area contributed by atoms with Crippen molar-refractivity contribution in [3.8, 4) is 11.5 Å². The number of nitrogens with zero attached hydrogens (tertiary/aromatic N) is 2. The van der Waals surface area contributed by atoms with Crippen molar-refractivity contribution in [2.45, 2.75) is 20.3 Å². The number of nitrogens with one attached hydrogen (secondary N) is 2. The number of carbonyl (C=O) groups excluding carboxylic acids is 1. The van der Waals surface area contributed by atoms with Gasteiger partial charge in [-0.2, -0.15) is 0 Å². The van der Waals surface area contributed by atoms with Crippen molar-refractivity contribution in [2.24, 2.45) is 5.92 Å². The molecule has 2 aromatic rings. The van der Waals surface area contributed by atoms with Crippen LogP contribution in [0.5, 0.6) is 11.5 Å². The molecule has 0 radical (unpaired) electrons. The van der Waals surface area contributed by atoms with Crippen LogP contribution >= 0.6 is 0 Å². The molecule has 1 aliphatic rings. The first-order valence-corrected chi connectivity index (χ1v) is 7.89. The highest BCUT2D eigenvalue weighted by molar-refractivity contribution is 5.92. The fourth-order valence-corrected chi connectivity index (χ4v) is 2.20. The highest BCUT2D eigenvalue weighted by atomic mass is 16.7. The number of hydrogen-bond acceptors (Lipinski definition) is 6. The van der Waals surface area contributed by atoms with E-state index in [1.165, 1.54) is 12.4 Å². The summed E-state index contributed by atoms with van der Waals surface area (Å²) in [5, 5.41) is 5.95. The van der Waals surface area contributed by atoms with E-state index < -0.39 is 0 Å². The second kappa shape index (κ2) is 7.16. The Labute approximate surface area is 140 Å². The van der Waals surface area contributed by atoms with Gasteiger partial charge < -0.3 is 20.1 Å². The minimum Gasteiger partial charge on any atom is -0.454 e. The van der Waals surface area contributed by atoms with Gasteiger partial charge in [0, 0.05) is 18.3 Å². The molecule has 1 amide bonds. The van der Waals surface area contributed by atoms with E-state index in [0.717, 1.165) is 17.9 Å². The Morgan fingerprint density at radius 2 is 2.04 bits per heavy atom. The average Bonchev–Trinajstić information content (AvgIpc) is 3.03. The van der Waals surface area contributed by atoms with E-state index in [9.17, 15) is 4.79 Å². The van der Waals surface area contributed by atoms with Crippen LogP contribution in [0.1, 0.15) is 30.8 Å². The number of aromatic nitrogens is 2. The van der Waals surface area contributed by atoms with Gasteiger partial charge in [-0.25, -0.2) is 9.97 Å². The topological polar surface area (TPSA) is 85.4 Å². The lowest BCUT2D eigenvalue weighted by atomic mass is 10.1. The quantitative estimate of drug-likeness (QED) is 0.848. The first-order chi connectivity index (χ1) is 11.6. The molecule has 0 atom stereocenters. The van der Waals surface area contributed by atoms with E-state index in [0.29, 0.717) is 29.7 Å². The van der Waals surface area contributed by atoms with Crippen LogP contribution in [0.4, 0.5) is 11.5 Å². The number of benzene rings is 1. The number of fused-ring (bicyclic) bond motifs is 1. The zero-order valence-corrected chi connectivity index (χ0v) is 13.7. The molecule has 126 valence electrons.